The summed E-state index contributed by atoms with van der Waals surface area (Å²) in [6, 6.07) is 5.38. The summed E-state index contributed by atoms with van der Waals surface area (Å²) in [7, 11) is 0. The summed E-state index contributed by atoms with van der Waals surface area (Å²) < 4.78 is 10.6. The minimum Gasteiger partial charge on any atom is -0.493 e. The van der Waals surface area contributed by atoms with E-state index < -0.39 is 0 Å². The topological polar surface area (TPSA) is 39.4 Å². The van der Waals surface area contributed by atoms with E-state index in [0.717, 1.165) is 29.7 Å². The van der Waals surface area contributed by atoms with Crippen molar-refractivity contribution in [3.8, 4) is 5.75 Å². The number of fused-ring (bicyclic) bond motifs is 2. The molecule has 15 heavy (non-hydrogen) atoms. The van der Waals surface area contributed by atoms with Gasteiger partial charge in [0.25, 0.3) is 0 Å². The highest BCUT2D eigenvalue weighted by molar-refractivity contribution is 5.82. The molecule has 0 saturated carbocycles. The molecule has 0 atom stereocenters. The SMILES string of the molecule is Cc1cc(=O)oc2cc3c(cc12)CCO3. The minimum atomic E-state index is -0.307. The van der Waals surface area contributed by atoms with Gasteiger partial charge in [0.1, 0.15) is 11.3 Å². The second-order valence-electron chi connectivity index (χ2n) is 3.80. The van der Waals surface area contributed by atoms with E-state index >= 15 is 0 Å². The van der Waals surface area contributed by atoms with E-state index in [0.29, 0.717) is 5.58 Å². The smallest absolute Gasteiger partial charge is 0.336 e. The number of rotatable bonds is 0. The van der Waals surface area contributed by atoms with Gasteiger partial charge >= 0.3 is 5.63 Å². The number of hydrogen-bond donors (Lipinski definition) is 0. The van der Waals surface area contributed by atoms with E-state index in [4.69, 9.17) is 9.15 Å². The quantitative estimate of drug-likeness (QED) is 0.613. The van der Waals surface area contributed by atoms with Gasteiger partial charge in [-0.1, -0.05) is 0 Å². The van der Waals surface area contributed by atoms with Crippen molar-refractivity contribution in [1.82, 2.24) is 0 Å². The molecule has 1 aliphatic rings. The summed E-state index contributed by atoms with van der Waals surface area (Å²) in [6.07, 6.45) is 0.934. The second kappa shape index (κ2) is 2.86. The summed E-state index contributed by atoms with van der Waals surface area (Å²) in [4.78, 5) is 11.2. The third-order valence-electron chi connectivity index (χ3n) is 2.76. The fourth-order valence-electron chi connectivity index (χ4n) is 1.99. The summed E-state index contributed by atoms with van der Waals surface area (Å²) in [5, 5.41) is 0.999. The zero-order valence-electron chi connectivity index (χ0n) is 8.37. The Bertz CT molecular complexity index is 596. The average molecular weight is 202 g/mol. The highest BCUT2D eigenvalue weighted by atomic mass is 16.5. The molecule has 0 spiro atoms. The van der Waals surface area contributed by atoms with Crippen LogP contribution in [0.3, 0.4) is 0 Å². The highest BCUT2D eigenvalue weighted by Gasteiger charge is 2.14. The molecule has 3 nitrogen and oxygen atoms in total. The molecule has 0 unspecified atom stereocenters. The van der Waals surface area contributed by atoms with Crippen LogP contribution in [-0.2, 0) is 6.42 Å². The summed E-state index contributed by atoms with van der Waals surface area (Å²) in [5.74, 6) is 0.844. The van der Waals surface area contributed by atoms with Crippen LogP contribution in [0.2, 0.25) is 0 Å². The van der Waals surface area contributed by atoms with E-state index in [9.17, 15) is 4.79 Å². The maximum Gasteiger partial charge on any atom is 0.336 e. The van der Waals surface area contributed by atoms with Gasteiger partial charge in [0.2, 0.25) is 0 Å². The normalized spacial score (nSPS) is 13.9. The molecule has 1 aromatic heterocycles. The maximum absolute atomic E-state index is 11.2. The van der Waals surface area contributed by atoms with Crippen LogP contribution in [0.15, 0.2) is 27.4 Å². The first-order valence-electron chi connectivity index (χ1n) is 4.94. The van der Waals surface area contributed by atoms with Crippen molar-refractivity contribution in [2.75, 3.05) is 6.61 Å². The van der Waals surface area contributed by atoms with Gasteiger partial charge in [0, 0.05) is 23.9 Å². The molecule has 0 aliphatic carbocycles. The van der Waals surface area contributed by atoms with Crippen LogP contribution < -0.4 is 10.4 Å². The fourth-order valence-corrected chi connectivity index (χ4v) is 1.99. The zero-order chi connectivity index (χ0) is 10.4. The van der Waals surface area contributed by atoms with Gasteiger partial charge in [-0.05, 0) is 24.1 Å². The van der Waals surface area contributed by atoms with Gasteiger partial charge in [0.05, 0.1) is 6.61 Å². The van der Waals surface area contributed by atoms with Crippen LogP contribution in [0.1, 0.15) is 11.1 Å². The van der Waals surface area contributed by atoms with Crippen molar-refractivity contribution in [2.24, 2.45) is 0 Å². The Morgan fingerprint density at radius 2 is 2.13 bits per heavy atom. The second-order valence-corrected chi connectivity index (χ2v) is 3.80. The molecule has 2 heterocycles. The molecule has 1 aromatic carbocycles. The summed E-state index contributed by atoms with van der Waals surface area (Å²) in [5.41, 5.74) is 2.45. The molecule has 0 bridgehead atoms. The van der Waals surface area contributed by atoms with E-state index in [2.05, 4.69) is 6.07 Å². The lowest BCUT2D eigenvalue weighted by atomic mass is 10.1. The average Bonchev–Trinajstić information content (AvgIpc) is 2.61. The van der Waals surface area contributed by atoms with Crippen molar-refractivity contribution in [2.45, 2.75) is 13.3 Å². The first-order valence-corrected chi connectivity index (χ1v) is 4.94. The molecule has 3 rings (SSSR count). The molecular formula is C12H10O3. The van der Waals surface area contributed by atoms with Gasteiger partial charge in [0.15, 0.2) is 0 Å². The van der Waals surface area contributed by atoms with E-state index in [1.807, 2.05) is 13.0 Å². The Kier molecular flexibility index (Phi) is 1.63. The lowest BCUT2D eigenvalue weighted by Gasteiger charge is -2.03. The van der Waals surface area contributed by atoms with Crippen molar-refractivity contribution >= 4 is 11.0 Å². The molecule has 76 valence electrons. The Hall–Kier alpha value is -1.77. The largest absolute Gasteiger partial charge is 0.493 e. The molecular weight excluding hydrogens is 192 g/mol. The van der Waals surface area contributed by atoms with Gasteiger partial charge in [-0.25, -0.2) is 4.79 Å². The Balaban J connectivity index is 2.43. The van der Waals surface area contributed by atoms with Crippen LogP contribution in [0.5, 0.6) is 5.75 Å². The van der Waals surface area contributed by atoms with Crippen molar-refractivity contribution < 1.29 is 9.15 Å². The molecule has 0 saturated heterocycles. The first kappa shape index (κ1) is 8.53. The highest BCUT2D eigenvalue weighted by Crippen LogP contribution is 2.30. The molecule has 2 aromatic rings. The number of benzene rings is 1. The molecule has 1 aliphatic heterocycles. The van der Waals surface area contributed by atoms with Crippen molar-refractivity contribution in [1.29, 1.82) is 0 Å². The predicted molar refractivity (Wildman–Crippen MR) is 56.4 cm³/mol. The van der Waals surface area contributed by atoms with Gasteiger partial charge in [-0.3, -0.25) is 0 Å². The molecule has 3 heteroatoms. The molecule has 0 radical (unpaired) electrons. The van der Waals surface area contributed by atoms with Crippen molar-refractivity contribution in [3.63, 3.8) is 0 Å². The van der Waals surface area contributed by atoms with Crippen LogP contribution in [0, 0.1) is 6.92 Å². The number of aryl methyl sites for hydroxylation is 1. The summed E-state index contributed by atoms with van der Waals surface area (Å²) >= 11 is 0. The van der Waals surface area contributed by atoms with Crippen LogP contribution in [0.4, 0.5) is 0 Å². The Morgan fingerprint density at radius 3 is 3.00 bits per heavy atom. The van der Waals surface area contributed by atoms with Gasteiger partial charge < -0.3 is 9.15 Å². The fraction of sp³-hybridized carbons (Fsp3) is 0.250. The van der Waals surface area contributed by atoms with E-state index in [-0.39, 0.29) is 5.63 Å². The van der Waals surface area contributed by atoms with Crippen molar-refractivity contribution in [3.05, 3.63) is 39.7 Å². The lowest BCUT2D eigenvalue weighted by Crippen LogP contribution is -1.97. The van der Waals surface area contributed by atoms with Crippen LogP contribution >= 0.6 is 0 Å². The van der Waals surface area contributed by atoms with Crippen LogP contribution in [0.25, 0.3) is 11.0 Å². The standard InChI is InChI=1S/C12H10O3/c1-7-4-12(13)15-11-6-10-8(2-3-14-10)5-9(7)11/h4-6H,2-3H2,1H3. The van der Waals surface area contributed by atoms with Gasteiger partial charge in [-0.2, -0.15) is 0 Å². The number of ether oxygens (including phenoxy) is 1. The minimum absolute atomic E-state index is 0.307. The molecule has 0 fully saturated rings. The number of hydrogen-bond acceptors (Lipinski definition) is 3. The third kappa shape index (κ3) is 1.23. The van der Waals surface area contributed by atoms with Gasteiger partial charge in [-0.15, -0.1) is 0 Å². The Morgan fingerprint density at radius 1 is 1.27 bits per heavy atom. The first-order chi connectivity index (χ1) is 7.24. The third-order valence-corrected chi connectivity index (χ3v) is 2.76. The summed E-state index contributed by atoms with van der Waals surface area (Å²) in [6.45, 7) is 2.64. The monoisotopic (exact) mass is 202 g/mol. The Labute approximate surface area is 86.3 Å². The maximum atomic E-state index is 11.2. The lowest BCUT2D eigenvalue weighted by molar-refractivity contribution is 0.356. The molecule has 0 N–H and O–H groups in total. The van der Waals surface area contributed by atoms with E-state index in [1.54, 1.807) is 0 Å². The predicted octanol–water partition coefficient (Wildman–Crippen LogP) is 2.04. The zero-order valence-corrected chi connectivity index (χ0v) is 8.37. The van der Waals surface area contributed by atoms with E-state index in [1.165, 1.54) is 11.6 Å². The molecule has 0 amide bonds. The van der Waals surface area contributed by atoms with Crippen LogP contribution in [-0.4, -0.2) is 6.61 Å².